The van der Waals surface area contributed by atoms with E-state index in [9.17, 15) is 4.79 Å². The van der Waals surface area contributed by atoms with Gasteiger partial charge in [-0.2, -0.15) is 0 Å². The van der Waals surface area contributed by atoms with Gasteiger partial charge in [0.25, 0.3) is 0 Å². The highest BCUT2D eigenvalue weighted by atomic mass is 16.6. The molecule has 138 valence electrons. The number of carbonyl (C=O) groups excluding carboxylic acids is 1. The zero-order valence-corrected chi connectivity index (χ0v) is 15.3. The van der Waals surface area contributed by atoms with Crippen molar-refractivity contribution in [1.29, 1.82) is 0 Å². The molecule has 0 saturated heterocycles. The van der Waals surface area contributed by atoms with Crippen LogP contribution in [0.3, 0.4) is 0 Å². The van der Waals surface area contributed by atoms with E-state index in [4.69, 9.17) is 23.7 Å². The van der Waals surface area contributed by atoms with Gasteiger partial charge in [-0.3, -0.25) is 4.79 Å². The van der Waals surface area contributed by atoms with E-state index in [0.717, 1.165) is 16.9 Å². The standard InChI is InChI=1S/C20H22O6/c1-12(21)25-18-9-14-10-19(24-4)20(26-16(14)11-17(18)23-3)13-5-7-15(22-2)8-6-13/h5-9,11,19-20H,10H2,1-4H3. The zero-order chi connectivity index (χ0) is 18.7. The van der Waals surface area contributed by atoms with Gasteiger partial charge >= 0.3 is 5.97 Å². The first-order valence-electron chi connectivity index (χ1n) is 8.28. The van der Waals surface area contributed by atoms with Crippen molar-refractivity contribution in [3.05, 3.63) is 47.5 Å². The van der Waals surface area contributed by atoms with Crippen molar-refractivity contribution in [3.63, 3.8) is 0 Å². The second kappa shape index (κ2) is 7.66. The van der Waals surface area contributed by atoms with Crippen molar-refractivity contribution < 1.29 is 28.5 Å². The lowest BCUT2D eigenvalue weighted by atomic mass is 9.94. The number of benzene rings is 2. The third kappa shape index (κ3) is 3.60. The molecule has 1 aliphatic rings. The van der Waals surface area contributed by atoms with Crippen LogP contribution in [0.25, 0.3) is 0 Å². The molecule has 26 heavy (non-hydrogen) atoms. The first-order chi connectivity index (χ1) is 12.5. The highest BCUT2D eigenvalue weighted by Gasteiger charge is 2.32. The molecule has 0 spiro atoms. The van der Waals surface area contributed by atoms with E-state index in [2.05, 4.69) is 0 Å². The maximum atomic E-state index is 11.3. The Balaban J connectivity index is 1.95. The van der Waals surface area contributed by atoms with Crippen LogP contribution in [0.2, 0.25) is 0 Å². The van der Waals surface area contributed by atoms with Crippen molar-refractivity contribution in [1.82, 2.24) is 0 Å². The van der Waals surface area contributed by atoms with Gasteiger partial charge in [0.05, 0.1) is 14.2 Å². The molecule has 0 aliphatic carbocycles. The van der Waals surface area contributed by atoms with E-state index in [1.165, 1.54) is 14.0 Å². The average molecular weight is 358 g/mol. The second-order valence-electron chi connectivity index (χ2n) is 5.99. The molecule has 3 rings (SSSR count). The fourth-order valence-corrected chi connectivity index (χ4v) is 3.07. The normalized spacial score (nSPS) is 18.5. The molecule has 0 radical (unpaired) electrons. The van der Waals surface area contributed by atoms with Gasteiger partial charge in [0.1, 0.15) is 17.6 Å². The van der Waals surface area contributed by atoms with Crippen LogP contribution in [-0.2, 0) is 16.0 Å². The average Bonchev–Trinajstić information content (AvgIpc) is 2.66. The fourth-order valence-electron chi connectivity index (χ4n) is 3.07. The SMILES string of the molecule is COc1ccc(C2Oc3cc(OC)c(OC(C)=O)cc3CC2OC)cc1. The highest BCUT2D eigenvalue weighted by Crippen LogP contribution is 2.42. The fraction of sp³-hybridized carbons (Fsp3) is 0.350. The summed E-state index contributed by atoms with van der Waals surface area (Å²) in [6.07, 6.45) is 0.193. The van der Waals surface area contributed by atoms with Gasteiger partial charge in [-0.05, 0) is 23.8 Å². The Bertz CT molecular complexity index is 784. The molecule has 6 heteroatoms. The number of hydrogen-bond acceptors (Lipinski definition) is 6. The second-order valence-corrected chi connectivity index (χ2v) is 5.99. The van der Waals surface area contributed by atoms with Crippen LogP contribution in [0.15, 0.2) is 36.4 Å². The van der Waals surface area contributed by atoms with Gasteiger partial charge in [-0.15, -0.1) is 0 Å². The predicted molar refractivity (Wildman–Crippen MR) is 95.2 cm³/mol. The van der Waals surface area contributed by atoms with Gasteiger partial charge in [-0.1, -0.05) is 12.1 Å². The summed E-state index contributed by atoms with van der Waals surface area (Å²) in [4.78, 5) is 11.3. The minimum atomic E-state index is -0.403. The molecule has 2 aromatic rings. The zero-order valence-electron chi connectivity index (χ0n) is 15.3. The molecule has 0 N–H and O–H groups in total. The predicted octanol–water partition coefficient (Wildman–Crippen LogP) is 3.32. The molecule has 0 saturated carbocycles. The quantitative estimate of drug-likeness (QED) is 0.604. The van der Waals surface area contributed by atoms with Gasteiger partial charge in [-0.25, -0.2) is 0 Å². The van der Waals surface area contributed by atoms with Crippen molar-refractivity contribution in [3.8, 4) is 23.0 Å². The van der Waals surface area contributed by atoms with Crippen molar-refractivity contribution >= 4 is 5.97 Å². The molecule has 1 heterocycles. The number of hydrogen-bond donors (Lipinski definition) is 0. The Hall–Kier alpha value is -2.73. The summed E-state index contributed by atoms with van der Waals surface area (Å²) in [6.45, 7) is 1.35. The number of methoxy groups -OCH3 is 3. The largest absolute Gasteiger partial charge is 0.497 e. The van der Waals surface area contributed by atoms with Crippen LogP contribution >= 0.6 is 0 Å². The summed E-state index contributed by atoms with van der Waals surface area (Å²) in [6, 6.07) is 11.2. The Kier molecular flexibility index (Phi) is 5.32. The van der Waals surface area contributed by atoms with E-state index < -0.39 is 5.97 Å². The van der Waals surface area contributed by atoms with Crippen molar-refractivity contribution in [2.24, 2.45) is 0 Å². The number of esters is 1. The Morgan fingerprint density at radius 3 is 2.35 bits per heavy atom. The van der Waals surface area contributed by atoms with Gasteiger partial charge in [0.2, 0.25) is 0 Å². The van der Waals surface area contributed by atoms with Crippen molar-refractivity contribution in [2.45, 2.75) is 25.6 Å². The number of fused-ring (bicyclic) bond motifs is 1. The Labute approximate surface area is 152 Å². The third-order valence-electron chi connectivity index (χ3n) is 4.36. The lowest BCUT2D eigenvalue weighted by Crippen LogP contribution is -2.32. The van der Waals surface area contributed by atoms with E-state index in [-0.39, 0.29) is 12.2 Å². The minimum absolute atomic E-state index is 0.172. The van der Waals surface area contributed by atoms with E-state index in [0.29, 0.717) is 23.7 Å². The summed E-state index contributed by atoms with van der Waals surface area (Å²) < 4.78 is 27.6. The van der Waals surface area contributed by atoms with E-state index in [1.807, 2.05) is 24.3 Å². The van der Waals surface area contributed by atoms with E-state index >= 15 is 0 Å². The molecule has 0 amide bonds. The molecule has 1 aliphatic heterocycles. The topological polar surface area (TPSA) is 63.2 Å². The monoisotopic (exact) mass is 358 g/mol. The summed E-state index contributed by atoms with van der Waals surface area (Å²) in [5, 5.41) is 0. The van der Waals surface area contributed by atoms with Crippen LogP contribution in [0.1, 0.15) is 24.2 Å². The summed E-state index contributed by atoms with van der Waals surface area (Å²) >= 11 is 0. The van der Waals surface area contributed by atoms with Gasteiger partial charge < -0.3 is 23.7 Å². The molecule has 6 nitrogen and oxygen atoms in total. The molecule has 2 atom stereocenters. The maximum Gasteiger partial charge on any atom is 0.308 e. The minimum Gasteiger partial charge on any atom is -0.497 e. The van der Waals surface area contributed by atoms with Gasteiger partial charge in [0, 0.05) is 32.1 Å². The lowest BCUT2D eigenvalue weighted by molar-refractivity contribution is -0.132. The van der Waals surface area contributed by atoms with Crippen LogP contribution < -0.4 is 18.9 Å². The first-order valence-corrected chi connectivity index (χ1v) is 8.28. The number of rotatable bonds is 5. The van der Waals surface area contributed by atoms with E-state index in [1.54, 1.807) is 26.4 Å². The molecule has 0 bridgehead atoms. The van der Waals surface area contributed by atoms with Crippen LogP contribution in [0, 0.1) is 0 Å². The van der Waals surface area contributed by atoms with Crippen molar-refractivity contribution in [2.75, 3.05) is 21.3 Å². The maximum absolute atomic E-state index is 11.3. The number of ether oxygens (including phenoxy) is 5. The van der Waals surface area contributed by atoms with Crippen LogP contribution in [0.4, 0.5) is 0 Å². The highest BCUT2D eigenvalue weighted by molar-refractivity contribution is 5.71. The molecule has 2 aromatic carbocycles. The summed E-state index contributed by atoms with van der Waals surface area (Å²) in [7, 11) is 4.82. The Morgan fingerprint density at radius 1 is 1.04 bits per heavy atom. The molecule has 2 unspecified atom stereocenters. The smallest absolute Gasteiger partial charge is 0.308 e. The lowest BCUT2D eigenvalue weighted by Gasteiger charge is -2.33. The number of carbonyl (C=O) groups is 1. The third-order valence-corrected chi connectivity index (χ3v) is 4.36. The molecule has 0 aromatic heterocycles. The first kappa shape index (κ1) is 18.1. The molecular formula is C20H22O6. The van der Waals surface area contributed by atoms with Crippen LogP contribution in [-0.4, -0.2) is 33.4 Å². The summed E-state index contributed by atoms with van der Waals surface area (Å²) in [5.74, 6) is 1.89. The molecular weight excluding hydrogens is 336 g/mol. The summed E-state index contributed by atoms with van der Waals surface area (Å²) in [5.41, 5.74) is 1.89. The van der Waals surface area contributed by atoms with Crippen LogP contribution in [0.5, 0.6) is 23.0 Å². The Morgan fingerprint density at radius 2 is 1.77 bits per heavy atom. The molecule has 0 fully saturated rings. The van der Waals surface area contributed by atoms with Gasteiger partial charge in [0.15, 0.2) is 17.6 Å².